The zero-order valence-corrected chi connectivity index (χ0v) is 11.5. The first-order valence-electron chi connectivity index (χ1n) is 5.48. The van der Waals surface area contributed by atoms with E-state index >= 15 is 0 Å². The van der Waals surface area contributed by atoms with Crippen molar-refractivity contribution >= 4 is 19.9 Å². The Balaban J connectivity index is 2.19. The van der Waals surface area contributed by atoms with Crippen LogP contribution in [-0.2, 0) is 13.8 Å². The summed E-state index contributed by atoms with van der Waals surface area (Å²) < 4.78 is 21.3. The van der Waals surface area contributed by atoms with E-state index in [-0.39, 0.29) is 6.61 Å². The summed E-state index contributed by atoms with van der Waals surface area (Å²) in [5.74, 6) is 0. The van der Waals surface area contributed by atoms with Crippen molar-refractivity contribution < 1.29 is 23.8 Å². The van der Waals surface area contributed by atoms with E-state index in [0.29, 0.717) is 0 Å². The molecule has 11 heteroatoms. The molecule has 0 aromatic carbocycles. The Morgan fingerprint density at radius 2 is 2.25 bits per heavy atom. The van der Waals surface area contributed by atoms with Crippen molar-refractivity contribution in [1.29, 1.82) is 0 Å². The Morgan fingerprint density at radius 3 is 2.85 bits per heavy atom. The van der Waals surface area contributed by atoms with Crippen LogP contribution in [0, 0.1) is 0 Å². The van der Waals surface area contributed by atoms with Gasteiger partial charge in [-0.15, -0.1) is 21.0 Å². The summed E-state index contributed by atoms with van der Waals surface area (Å²) in [5, 5.41) is 8.86. The largest absolute Gasteiger partial charge is 0.694 e. The smallest absolute Gasteiger partial charge is 0.389 e. The van der Waals surface area contributed by atoms with Crippen LogP contribution in [0.15, 0.2) is 21.9 Å². The van der Waals surface area contributed by atoms with Crippen molar-refractivity contribution in [2.24, 2.45) is 0 Å². The van der Waals surface area contributed by atoms with Gasteiger partial charge in [-0.1, -0.05) is 0 Å². The molecular formula is C9H11ClN2O7P+. The number of aromatic nitrogens is 2. The van der Waals surface area contributed by atoms with E-state index in [0.717, 1.165) is 10.6 Å². The fraction of sp³-hybridized carbons (Fsp3) is 0.556. The Labute approximate surface area is 117 Å². The number of rotatable bonds is 4. The van der Waals surface area contributed by atoms with Gasteiger partial charge in [0.2, 0.25) is 0 Å². The summed E-state index contributed by atoms with van der Waals surface area (Å²) in [4.78, 5) is 33.2. The van der Waals surface area contributed by atoms with Crippen LogP contribution in [0.2, 0.25) is 0 Å². The predicted molar refractivity (Wildman–Crippen MR) is 66.7 cm³/mol. The van der Waals surface area contributed by atoms with Crippen molar-refractivity contribution in [3.05, 3.63) is 33.1 Å². The summed E-state index contributed by atoms with van der Waals surface area (Å²) >= 11 is 5.97. The summed E-state index contributed by atoms with van der Waals surface area (Å²) in [5.41, 5.74) is -1.32. The van der Waals surface area contributed by atoms with Crippen LogP contribution >= 0.6 is 19.9 Å². The number of aliphatic hydroxyl groups is 1. The molecule has 1 aromatic rings. The molecule has 0 saturated carbocycles. The second kappa shape index (κ2) is 6.13. The Kier molecular flexibility index (Phi) is 4.69. The van der Waals surface area contributed by atoms with E-state index < -0.39 is 43.3 Å². The first-order chi connectivity index (χ1) is 9.40. The monoisotopic (exact) mass is 325 g/mol. The second-order valence-corrected chi connectivity index (χ2v) is 5.29. The van der Waals surface area contributed by atoms with Crippen LogP contribution in [-0.4, -0.2) is 43.7 Å². The van der Waals surface area contributed by atoms with Crippen molar-refractivity contribution in [3.8, 4) is 0 Å². The number of aromatic amines is 1. The molecule has 5 atom stereocenters. The van der Waals surface area contributed by atoms with Gasteiger partial charge in [0.25, 0.3) is 5.56 Å². The van der Waals surface area contributed by atoms with E-state index in [1.807, 2.05) is 4.98 Å². The molecule has 1 aliphatic heterocycles. The van der Waals surface area contributed by atoms with Gasteiger partial charge in [0.15, 0.2) is 6.23 Å². The number of nitrogens with one attached hydrogen (secondary N) is 1. The van der Waals surface area contributed by atoms with Gasteiger partial charge in [0.05, 0.1) is 0 Å². The zero-order chi connectivity index (χ0) is 14.9. The predicted octanol–water partition coefficient (Wildman–Crippen LogP) is -0.931. The number of ether oxygens (including phenoxy) is 1. The average Bonchev–Trinajstić information content (AvgIpc) is 2.64. The summed E-state index contributed by atoms with van der Waals surface area (Å²) in [7, 11) is -2.83. The third-order valence-corrected chi connectivity index (χ3v) is 3.61. The lowest BCUT2D eigenvalue weighted by Crippen LogP contribution is -2.35. The van der Waals surface area contributed by atoms with Gasteiger partial charge in [0, 0.05) is 16.8 Å². The lowest BCUT2D eigenvalue weighted by atomic mass is 10.2. The summed E-state index contributed by atoms with van der Waals surface area (Å²) in [6, 6.07) is 1.11. The van der Waals surface area contributed by atoms with Gasteiger partial charge in [-0.25, -0.2) is 4.79 Å². The van der Waals surface area contributed by atoms with Gasteiger partial charge >= 0.3 is 13.9 Å². The Bertz CT molecular complexity index is 617. The molecule has 0 bridgehead atoms. The highest BCUT2D eigenvalue weighted by molar-refractivity contribution is 7.32. The van der Waals surface area contributed by atoms with E-state index in [4.69, 9.17) is 21.2 Å². The molecule has 9 nitrogen and oxygen atoms in total. The minimum atomic E-state index is -2.83. The molecule has 0 spiro atoms. The van der Waals surface area contributed by atoms with Gasteiger partial charge in [-0.05, 0) is 0 Å². The van der Waals surface area contributed by atoms with Gasteiger partial charge in [0.1, 0.15) is 24.2 Å². The maximum Gasteiger partial charge on any atom is 0.694 e. The van der Waals surface area contributed by atoms with Gasteiger partial charge in [-0.2, -0.15) is 0 Å². The second-order valence-electron chi connectivity index (χ2n) is 4.05. The number of hydrogen-bond acceptors (Lipinski definition) is 6. The van der Waals surface area contributed by atoms with E-state index in [1.54, 1.807) is 0 Å². The van der Waals surface area contributed by atoms with Crippen LogP contribution in [0.1, 0.15) is 6.23 Å². The molecule has 0 aliphatic carbocycles. The Morgan fingerprint density at radius 1 is 1.55 bits per heavy atom. The number of hydrogen-bond donors (Lipinski definition) is 3. The highest BCUT2D eigenvalue weighted by atomic mass is 35.5. The Hall–Kier alpha value is -1.09. The van der Waals surface area contributed by atoms with Crippen molar-refractivity contribution in [1.82, 2.24) is 9.55 Å². The molecule has 2 rings (SSSR count). The van der Waals surface area contributed by atoms with E-state index in [1.165, 1.54) is 6.20 Å². The molecule has 1 unspecified atom stereocenters. The standard InChI is InChI=1S/C9H10ClN2O7P/c10-6-7(14)4(3-18-20(16)17)19-8(6)12-2-1-5(13)11-9(12)15/h1-2,4,6-8,14H,3H2,(H-,11,13,15,16,17)/p+1/t4-,6-,7-,8-/m1/s1. The van der Waals surface area contributed by atoms with Crippen molar-refractivity contribution in [3.63, 3.8) is 0 Å². The average molecular weight is 326 g/mol. The molecule has 0 radical (unpaired) electrons. The maximum absolute atomic E-state index is 11.6. The molecule has 1 aliphatic rings. The normalized spacial score (nSPS) is 30.4. The van der Waals surface area contributed by atoms with Crippen LogP contribution in [0.3, 0.4) is 0 Å². The van der Waals surface area contributed by atoms with Gasteiger partial charge in [-0.3, -0.25) is 14.3 Å². The number of halogens is 1. The number of H-pyrrole nitrogens is 1. The molecule has 3 N–H and O–H groups in total. The highest BCUT2D eigenvalue weighted by Crippen LogP contribution is 2.33. The zero-order valence-electron chi connectivity index (χ0n) is 9.88. The summed E-state index contributed by atoms with van der Waals surface area (Å²) in [6.07, 6.45) is -2.01. The first-order valence-corrected chi connectivity index (χ1v) is 7.05. The molecule has 2 heterocycles. The minimum Gasteiger partial charge on any atom is -0.389 e. The molecule has 1 saturated heterocycles. The van der Waals surface area contributed by atoms with Crippen LogP contribution < -0.4 is 11.2 Å². The lowest BCUT2D eigenvalue weighted by Gasteiger charge is -2.15. The van der Waals surface area contributed by atoms with E-state index in [9.17, 15) is 19.3 Å². The fourth-order valence-corrected chi connectivity index (χ4v) is 2.45. The third kappa shape index (κ3) is 3.14. The maximum atomic E-state index is 11.6. The number of alkyl halides is 1. The topological polar surface area (TPSA) is 131 Å². The third-order valence-electron chi connectivity index (χ3n) is 2.77. The van der Waals surface area contributed by atoms with Crippen LogP contribution in [0.25, 0.3) is 0 Å². The molecular weight excluding hydrogens is 315 g/mol. The number of aliphatic hydroxyl groups excluding tert-OH is 1. The first kappa shape index (κ1) is 15.3. The minimum absolute atomic E-state index is 0.356. The molecule has 110 valence electrons. The van der Waals surface area contributed by atoms with Gasteiger partial charge < -0.3 is 9.84 Å². The number of nitrogens with zero attached hydrogens (tertiary/aromatic N) is 1. The van der Waals surface area contributed by atoms with Crippen molar-refractivity contribution in [2.75, 3.05) is 6.61 Å². The van der Waals surface area contributed by atoms with Crippen LogP contribution in [0.4, 0.5) is 0 Å². The lowest BCUT2D eigenvalue weighted by molar-refractivity contribution is -0.0411. The SMILES string of the molecule is O=c1ccn([C@@H]2O[C@H](CO[P+](=O)O)[C@@H](O)[C@H]2Cl)c(=O)[nH]1. The quantitative estimate of drug-likeness (QED) is 0.481. The van der Waals surface area contributed by atoms with Crippen LogP contribution in [0.5, 0.6) is 0 Å². The fourth-order valence-electron chi connectivity index (χ4n) is 1.83. The molecule has 20 heavy (non-hydrogen) atoms. The van der Waals surface area contributed by atoms with E-state index in [2.05, 4.69) is 4.52 Å². The summed E-state index contributed by atoms with van der Waals surface area (Å²) in [6.45, 7) is -0.356. The highest BCUT2D eigenvalue weighted by Gasteiger charge is 2.45. The molecule has 0 amide bonds. The molecule has 1 aromatic heterocycles. The molecule has 1 fully saturated rings. The van der Waals surface area contributed by atoms with Crippen molar-refractivity contribution in [2.45, 2.75) is 23.8 Å².